The van der Waals surface area contributed by atoms with Gasteiger partial charge in [0.1, 0.15) is 12.4 Å². The van der Waals surface area contributed by atoms with Crippen LogP contribution in [-0.4, -0.2) is 15.5 Å². The van der Waals surface area contributed by atoms with Crippen molar-refractivity contribution in [1.82, 2.24) is 9.55 Å². The highest BCUT2D eigenvalue weighted by Crippen LogP contribution is 2.33. The second-order valence-corrected chi connectivity index (χ2v) is 6.56. The number of hydrogen-bond donors (Lipinski definition) is 1. The summed E-state index contributed by atoms with van der Waals surface area (Å²) >= 11 is 0. The van der Waals surface area contributed by atoms with Crippen LogP contribution in [0.25, 0.3) is 11.3 Å². The summed E-state index contributed by atoms with van der Waals surface area (Å²) in [4.78, 5) is 28.2. The zero-order chi connectivity index (χ0) is 23.7. The predicted octanol–water partition coefficient (Wildman–Crippen LogP) is 4.73. The number of nitrogens with one attached hydrogen (secondary N) is 1. The maximum atomic E-state index is 13.3. The molecule has 168 valence electrons. The first-order valence-electron chi connectivity index (χ1n) is 8.75. The van der Waals surface area contributed by atoms with E-state index < -0.39 is 47.3 Å². The molecule has 1 aromatic heterocycles. The zero-order valence-corrected chi connectivity index (χ0v) is 15.8. The van der Waals surface area contributed by atoms with Gasteiger partial charge in [-0.15, -0.1) is 0 Å². The number of carbonyl (C=O) groups is 1. The van der Waals surface area contributed by atoms with E-state index in [2.05, 4.69) is 10.3 Å². The van der Waals surface area contributed by atoms with Crippen LogP contribution in [0.4, 0.5) is 36.4 Å². The Labute approximate surface area is 175 Å². The van der Waals surface area contributed by atoms with E-state index in [9.17, 15) is 40.3 Å². The number of nitrogens with zero attached hydrogens (tertiary/aromatic N) is 2. The minimum absolute atomic E-state index is 0.0636. The summed E-state index contributed by atoms with van der Waals surface area (Å²) in [5.74, 6) is -2.38. The Kier molecular flexibility index (Phi) is 6.06. The smallest absolute Gasteiger partial charge is 0.325 e. The number of hydrogen-bond acceptors (Lipinski definition) is 3. The first kappa shape index (κ1) is 23.0. The molecule has 0 saturated carbocycles. The first-order valence-corrected chi connectivity index (χ1v) is 8.75. The molecule has 0 saturated heterocycles. The topological polar surface area (TPSA) is 64.0 Å². The van der Waals surface area contributed by atoms with Gasteiger partial charge in [-0.3, -0.25) is 14.2 Å². The fraction of sp³-hybridized carbons (Fsp3) is 0.150. The maximum absolute atomic E-state index is 13.3. The van der Waals surface area contributed by atoms with E-state index in [0.29, 0.717) is 12.1 Å². The second kappa shape index (κ2) is 8.44. The van der Waals surface area contributed by atoms with Crippen LogP contribution in [0.1, 0.15) is 11.1 Å². The van der Waals surface area contributed by atoms with Crippen molar-refractivity contribution in [1.29, 1.82) is 0 Å². The Hall–Kier alpha value is -3.70. The molecule has 2 aromatic carbocycles. The third-order valence-corrected chi connectivity index (χ3v) is 4.26. The van der Waals surface area contributed by atoms with Gasteiger partial charge in [0, 0.05) is 17.3 Å². The number of halogens is 7. The molecule has 1 amide bonds. The standard InChI is InChI=1S/C20H12F7N3O2/c21-15-6-5-13(7-14(15)20(25,26)27)29-17(31)9-30-10-28-16(8-18(30)32)11-1-3-12(4-2-11)19(22,23)24/h1-8,10H,9H2,(H,29,31). The number of rotatable bonds is 4. The number of benzene rings is 2. The van der Waals surface area contributed by atoms with Gasteiger partial charge in [-0.2, -0.15) is 26.3 Å². The van der Waals surface area contributed by atoms with E-state index in [-0.39, 0.29) is 16.9 Å². The average molecular weight is 459 g/mol. The molecule has 32 heavy (non-hydrogen) atoms. The van der Waals surface area contributed by atoms with Crippen molar-refractivity contribution < 1.29 is 35.5 Å². The summed E-state index contributed by atoms with van der Waals surface area (Å²) in [5, 5.41) is 2.12. The number of carbonyl (C=O) groups excluding carboxylic acids is 1. The fourth-order valence-corrected chi connectivity index (χ4v) is 2.71. The lowest BCUT2D eigenvalue weighted by atomic mass is 10.1. The molecule has 3 aromatic rings. The average Bonchev–Trinajstić information content (AvgIpc) is 2.69. The number of alkyl halides is 6. The van der Waals surface area contributed by atoms with Gasteiger partial charge >= 0.3 is 12.4 Å². The quantitative estimate of drug-likeness (QED) is 0.574. The first-order chi connectivity index (χ1) is 14.8. The molecule has 0 aliphatic heterocycles. The van der Waals surface area contributed by atoms with Gasteiger partial charge in [0.25, 0.3) is 5.56 Å². The van der Waals surface area contributed by atoms with Gasteiger partial charge < -0.3 is 5.32 Å². The predicted molar refractivity (Wildman–Crippen MR) is 99.0 cm³/mol. The van der Waals surface area contributed by atoms with Gasteiger partial charge in [0.05, 0.1) is 23.1 Å². The minimum Gasteiger partial charge on any atom is -0.325 e. The van der Waals surface area contributed by atoms with E-state index in [1.165, 1.54) is 0 Å². The molecule has 1 N–H and O–H groups in total. The molecule has 1 heterocycles. The van der Waals surface area contributed by atoms with Crippen LogP contribution in [0.15, 0.2) is 59.7 Å². The van der Waals surface area contributed by atoms with Crippen LogP contribution in [0.3, 0.4) is 0 Å². The Bertz CT molecular complexity index is 1200. The molecule has 0 aliphatic rings. The Morgan fingerprint density at radius 2 is 1.59 bits per heavy atom. The van der Waals surface area contributed by atoms with Gasteiger partial charge in [0.2, 0.25) is 5.91 Å². The summed E-state index contributed by atoms with van der Waals surface area (Å²) < 4.78 is 90.4. The van der Waals surface area contributed by atoms with E-state index in [1.807, 2.05) is 0 Å². The van der Waals surface area contributed by atoms with Gasteiger partial charge in [-0.05, 0) is 30.3 Å². The summed E-state index contributed by atoms with van der Waals surface area (Å²) in [6, 6.07) is 6.81. The number of aromatic nitrogens is 2. The highest BCUT2D eigenvalue weighted by atomic mass is 19.4. The normalized spacial score (nSPS) is 12.0. The summed E-state index contributed by atoms with van der Waals surface area (Å²) in [6.07, 6.45) is -8.51. The van der Waals surface area contributed by atoms with Gasteiger partial charge in [-0.25, -0.2) is 9.37 Å². The zero-order valence-electron chi connectivity index (χ0n) is 15.8. The molecule has 0 unspecified atom stereocenters. The van der Waals surface area contributed by atoms with E-state index in [1.54, 1.807) is 0 Å². The lowest BCUT2D eigenvalue weighted by Gasteiger charge is -2.12. The SMILES string of the molecule is O=C(Cn1cnc(-c2ccc(C(F)(F)F)cc2)cc1=O)Nc1ccc(F)c(C(F)(F)F)c1. The van der Waals surface area contributed by atoms with Crippen LogP contribution in [0.2, 0.25) is 0 Å². The molecule has 5 nitrogen and oxygen atoms in total. The highest BCUT2D eigenvalue weighted by Gasteiger charge is 2.34. The van der Waals surface area contributed by atoms with Crippen LogP contribution in [0.5, 0.6) is 0 Å². The fourth-order valence-electron chi connectivity index (χ4n) is 2.71. The lowest BCUT2D eigenvalue weighted by Crippen LogP contribution is -2.27. The largest absolute Gasteiger partial charge is 0.419 e. The monoisotopic (exact) mass is 459 g/mol. The van der Waals surface area contributed by atoms with E-state index in [4.69, 9.17) is 0 Å². The molecule has 0 bridgehead atoms. The highest BCUT2D eigenvalue weighted by molar-refractivity contribution is 5.90. The molecular weight excluding hydrogens is 447 g/mol. The van der Waals surface area contributed by atoms with Crippen molar-refractivity contribution in [3.8, 4) is 11.3 Å². The van der Waals surface area contributed by atoms with Gasteiger partial charge in [0.15, 0.2) is 0 Å². The molecule has 0 aliphatic carbocycles. The summed E-state index contributed by atoms with van der Waals surface area (Å²) in [5.41, 5.74) is -3.19. The van der Waals surface area contributed by atoms with Crippen molar-refractivity contribution in [3.63, 3.8) is 0 Å². The summed E-state index contributed by atoms with van der Waals surface area (Å²) in [6.45, 7) is -0.613. The van der Waals surface area contributed by atoms with Crippen molar-refractivity contribution in [2.24, 2.45) is 0 Å². The van der Waals surface area contributed by atoms with Crippen molar-refractivity contribution in [3.05, 3.63) is 82.2 Å². The molecular formula is C20H12F7N3O2. The molecule has 0 fully saturated rings. The third kappa shape index (κ3) is 5.31. The van der Waals surface area contributed by atoms with Crippen LogP contribution >= 0.6 is 0 Å². The van der Waals surface area contributed by atoms with Crippen LogP contribution < -0.4 is 10.9 Å². The Morgan fingerprint density at radius 1 is 0.938 bits per heavy atom. The van der Waals surface area contributed by atoms with Crippen LogP contribution in [0, 0.1) is 5.82 Å². The maximum Gasteiger partial charge on any atom is 0.419 e. The third-order valence-electron chi connectivity index (χ3n) is 4.26. The van der Waals surface area contributed by atoms with Gasteiger partial charge in [-0.1, -0.05) is 12.1 Å². The second-order valence-electron chi connectivity index (χ2n) is 6.56. The number of amides is 1. The van der Waals surface area contributed by atoms with Crippen molar-refractivity contribution >= 4 is 11.6 Å². The minimum atomic E-state index is -4.96. The van der Waals surface area contributed by atoms with Crippen LogP contribution in [-0.2, 0) is 23.7 Å². The number of anilines is 1. The Balaban J connectivity index is 1.74. The summed E-state index contributed by atoms with van der Waals surface area (Å²) in [7, 11) is 0. The lowest BCUT2D eigenvalue weighted by molar-refractivity contribution is -0.140. The van der Waals surface area contributed by atoms with Crippen molar-refractivity contribution in [2.45, 2.75) is 18.9 Å². The van der Waals surface area contributed by atoms with Crippen molar-refractivity contribution in [2.75, 3.05) is 5.32 Å². The van der Waals surface area contributed by atoms with E-state index >= 15 is 0 Å². The Morgan fingerprint density at radius 3 is 2.16 bits per heavy atom. The molecule has 0 radical (unpaired) electrons. The molecule has 0 atom stereocenters. The molecule has 12 heteroatoms. The van der Waals surface area contributed by atoms with E-state index in [0.717, 1.165) is 47.3 Å². The molecule has 3 rings (SSSR count). The molecule has 0 spiro atoms.